The number of hydrogen-bond acceptors (Lipinski definition) is 4. The summed E-state index contributed by atoms with van der Waals surface area (Å²) in [4.78, 5) is 26.9. The van der Waals surface area contributed by atoms with E-state index in [1.807, 2.05) is 0 Å². The van der Waals surface area contributed by atoms with Gasteiger partial charge in [-0.1, -0.05) is 11.6 Å². The Hall–Kier alpha value is -1.66. The number of hydrogen-bond donors (Lipinski definition) is 2. The fourth-order valence-electron chi connectivity index (χ4n) is 1.31. The second-order valence-electron chi connectivity index (χ2n) is 3.70. The van der Waals surface area contributed by atoms with Gasteiger partial charge in [-0.3, -0.25) is 14.6 Å². The third-order valence-corrected chi connectivity index (χ3v) is 2.61. The van der Waals surface area contributed by atoms with Crippen molar-refractivity contribution < 1.29 is 14.3 Å². The van der Waals surface area contributed by atoms with Crippen LogP contribution in [0.15, 0.2) is 18.5 Å². The minimum absolute atomic E-state index is 0.144. The fraction of sp³-hybridized carbons (Fsp3) is 0.417. The second kappa shape index (κ2) is 8.44. The molecule has 0 aliphatic heterocycles. The van der Waals surface area contributed by atoms with E-state index in [0.29, 0.717) is 23.7 Å². The monoisotopic (exact) mass is 285 g/mol. The minimum Gasteiger partial charge on any atom is -0.383 e. The van der Waals surface area contributed by atoms with Gasteiger partial charge in [-0.05, 0) is 6.07 Å². The van der Waals surface area contributed by atoms with Gasteiger partial charge in [0.2, 0.25) is 5.91 Å². The molecule has 0 atom stereocenters. The zero-order valence-electron chi connectivity index (χ0n) is 10.6. The Kier molecular flexibility index (Phi) is 6.84. The predicted molar refractivity (Wildman–Crippen MR) is 71.1 cm³/mol. The first-order valence-electron chi connectivity index (χ1n) is 5.78. The number of halogens is 1. The second-order valence-corrected chi connectivity index (χ2v) is 4.11. The maximum atomic E-state index is 11.7. The van der Waals surface area contributed by atoms with Crippen LogP contribution in [0.3, 0.4) is 0 Å². The van der Waals surface area contributed by atoms with Crippen molar-refractivity contribution in [2.24, 2.45) is 0 Å². The number of ether oxygens (including phenoxy) is 1. The number of pyridine rings is 1. The van der Waals surface area contributed by atoms with Crippen molar-refractivity contribution >= 4 is 23.4 Å². The number of methoxy groups -OCH3 is 1. The van der Waals surface area contributed by atoms with Gasteiger partial charge in [0.1, 0.15) is 0 Å². The molecule has 6 nitrogen and oxygen atoms in total. The minimum atomic E-state index is -0.345. The van der Waals surface area contributed by atoms with Crippen molar-refractivity contribution in [3.63, 3.8) is 0 Å². The highest BCUT2D eigenvalue weighted by Crippen LogP contribution is 2.12. The number of carbonyl (C=O) groups excluding carboxylic acids is 2. The lowest BCUT2D eigenvalue weighted by Gasteiger charge is -2.07. The molecule has 0 spiro atoms. The zero-order chi connectivity index (χ0) is 14.1. The summed E-state index contributed by atoms with van der Waals surface area (Å²) in [5, 5.41) is 5.59. The Morgan fingerprint density at radius 2 is 2.16 bits per heavy atom. The highest BCUT2D eigenvalue weighted by Gasteiger charge is 2.10. The molecule has 0 fully saturated rings. The maximum absolute atomic E-state index is 11.7. The van der Waals surface area contributed by atoms with Crippen molar-refractivity contribution in [2.45, 2.75) is 6.42 Å². The van der Waals surface area contributed by atoms with Crippen molar-refractivity contribution in [2.75, 3.05) is 26.8 Å². The first-order chi connectivity index (χ1) is 9.15. The van der Waals surface area contributed by atoms with Gasteiger partial charge >= 0.3 is 0 Å². The molecule has 0 radical (unpaired) electrons. The van der Waals surface area contributed by atoms with Crippen molar-refractivity contribution in [1.29, 1.82) is 0 Å². The molecule has 0 aliphatic carbocycles. The molecule has 0 aromatic carbocycles. The molecule has 0 saturated heterocycles. The van der Waals surface area contributed by atoms with Crippen LogP contribution in [0.2, 0.25) is 5.02 Å². The summed E-state index contributed by atoms with van der Waals surface area (Å²) in [6, 6.07) is 1.54. The van der Waals surface area contributed by atoms with E-state index in [2.05, 4.69) is 15.6 Å². The SMILES string of the molecule is COCCNC(=O)CCNC(=O)c1cnccc1Cl. The number of amides is 2. The Balaban J connectivity index is 2.28. The first-order valence-corrected chi connectivity index (χ1v) is 6.16. The Morgan fingerprint density at radius 3 is 2.84 bits per heavy atom. The molecule has 1 heterocycles. The number of nitrogens with zero attached hydrogens (tertiary/aromatic N) is 1. The lowest BCUT2D eigenvalue weighted by atomic mass is 10.2. The van der Waals surface area contributed by atoms with Gasteiger partial charge in [0.05, 0.1) is 17.2 Å². The largest absolute Gasteiger partial charge is 0.383 e. The van der Waals surface area contributed by atoms with Gasteiger partial charge in [0.25, 0.3) is 5.91 Å². The molecule has 0 bridgehead atoms. The molecule has 19 heavy (non-hydrogen) atoms. The van der Waals surface area contributed by atoms with Crippen LogP contribution in [-0.2, 0) is 9.53 Å². The molecular weight excluding hydrogens is 270 g/mol. The zero-order valence-corrected chi connectivity index (χ0v) is 11.4. The van der Waals surface area contributed by atoms with E-state index in [4.69, 9.17) is 16.3 Å². The molecule has 2 amide bonds. The third-order valence-electron chi connectivity index (χ3n) is 2.28. The molecular formula is C12H16ClN3O3. The smallest absolute Gasteiger partial charge is 0.254 e. The summed E-state index contributed by atoms with van der Waals surface area (Å²) in [7, 11) is 1.56. The summed E-state index contributed by atoms with van der Waals surface area (Å²) >= 11 is 5.85. The van der Waals surface area contributed by atoms with Crippen LogP contribution in [-0.4, -0.2) is 43.6 Å². The number of carbonyl (C=O) groups is 2. The summed E-state index contributed by atoms with van der Waals surface area (Å²) in [6.45, 7) is 1.16. The van der Waals surface area contributed by atoms with Crippen molar-refractivity contribution in [3.05, 3.63) is 29.0 Å². The van der Waals surface area contributed by atoms with E-state index in [1.54, 1.807) is 7.11 Å². The molecule has 1 aromatic heterocycles. The summed E-state index contributed by atoms with van der Waals surface area (Å²) < 4.78 is 4.80. The highest BCUT2D eigenvalue weighted by molar-refractivity contribution is 6.33. The Morgan fingerprint density at radius 1 is 1.37 bits per heavy atom. The van der Waals surface area contributed by atoms with Crippen LogP contribution in [0.4, 0.5) is 0 Å². The fourth-order valence-corrected chi connectivity index (χ4v) is 1.50. The summed E-state index contributed by atoms with van der Waals surface area (Å²) in [5.41, 5.74) is 0.295. The summed E-state index contributed by atoms with van der Waals surface area (Å²) in [5.74, 6) is -0.488. The molecule has 1 rings (SSSR count). The van der Waals surface area contributed by atoms with Crippen LogP contribution >= 0.6 is 11.6 Å². The van der Waals surface area contributed by atoms with E-state index in [0.717, 1.165) is 0 Å². The van der Waals surface area contributed by atoms with Crippen LogP contribution < -0.4 is 10.6 Å². The van der Waals surface area contributed by atoms with Crippen LogP contribution in [0, 0.1) is 0 Å². The van der Waals surface area contributed by atoms with Crippen LogP contribution in [0.5, 0.6) is 0 Å². The van der Waals surface area contributed by atoms with E-state index in [9.17, 15) is 9.59 Å². The van der Waals surface area contributed by atoms with Gasteiger partial charge in [0.15, 0.2) is 0 Å². The first kappa shape index (κ1) is 15.4. The number of aromatic nitrogens is 1. The number of rotatable bonds is 7. The van der Waals surface area contributed by atoms with Crippen molar-refractivity contribution in [3.8, 4) is 0 Å². The lowest BCUT2D eigenvalue weighted by molar-refractivity contribution is -0.121. The third kappa shape index (κ3) is 5.67. The maximum Gasteiger partial charge on any atom is 0.254 e. The average molecular weight is 286 g/mol. The predicted octanol–water partition coefficient (Wildman–Crippen LogP) is 0.618. The number of nitrogens with one attached hydrogen (secondary N) is 2. The Bertz CT molecular complexity index is 440. The normalized spacial score (nSPS) is 10.0. The van der Waals surface area contributed by atoms with Crippen LogP contribution in [0.25, 0.3) is 0 Å². The van der Waals surface area contributed by atoms with E-state index >= 15 is 0 Å². The van der Waals surface area contributed by atoms with E-state index < -0.39 is 0 Å². The van der Waals surface area contributed by atoms with Crippen LogP contribution in [0.1, 0.15) is 16.8 Å². The van der Waals surface area contributed by atoms with Gasteiger partial charge in [-0.2, -0.15) is 0 Å². The van der Waals surface area contributed by atoms with Gasteiger partial charge in [0, 0.05) is 39.0 Å². The van der Waals surface area contributed by atoms with E-state index in [-0.39, 0.29) is 24.8 Å². The highest BCUT2D eigenvalue weighted by atomic mass is 35.5. The molecule has 1 aromatic rings. The van der Waals surface area contributed by atoms with Crippen molar-refractivity contribution in [1.82, 2.24) is 15.6 Å². The Labute approximate surface area is 116 Å². The van der Waals surface area contributed by atoms with Gasteiger partial charge in [-0.25, -0.2) is 0 Å². The van der Waals surface area contributed by atoms with Gasteiger partial charge in [-0.15, -0.1) is 0 Å². The van der Waals surface area contributed by atoms with Gasteiger partial charge < -0.3 is 15.4 Å². The average Bonchev–Trinajstić information content (AvgIpc) is 2.39. The van der Waals surface area contributed by atoms with E-state index in [1.165, 1.54) is 18.5 Å². The molecule has 104 valence electrons. The standard InChI is InChI=1S/C12H16ClN3O3/c1-19-7-6-15-11(17)3-5-16-12(18)9-8-14-4-2-10(9)13/h2,4,8H,3,5-7H2,1H3,(H,15,17)(H,16,18). The molecule has 0 aliphatic rings. The summed E-state index contributed by atoms with van der Waals surface area (Å²) in [6.07, 6.45) is 3.09. The lowest BCUT2D eigenvalue weighted by Crippen LogP contribution is -2.32. The topological polar surface area (TPSA) is 80.3 Å². The molecule has 7 heteroatoms. The molecule has 0 saturated carbocycles. The quantitative estimate of drug-likeness (QED) is 0.720. The molecule has 0 unspecified atom stereocenters. The molecule has 2 N–H and O–H groups in total.